The van der Waals surface area contributed by atoms with Crippen LogP contribution in [0.2, 0.25) is 0 Å². The molecule has 1 N–H and O–H groups in total. The summed E-state index contributed by atoms with van der Waals surface area (Å²) >= 11 is 4.98. The lowest BCUT2D eigenvalue weighted by Crippen LogP contribution is -2.61. The van der Waals surface area contributed by atoms with Gasteiger partial charge >= 0.3 is 0 Å². The van der Waals surface area contributed by atoms with E-state index in [-0.39, 0.29) is 23.8 Å². The Morgan fingerprint density at radius 2 is 2.16 bits per heavy atom. The van der Waals surface area contributed by atoms with Crippen LogP contribution in [0, 0.1) is 5.41 Å². The maximum absolute atomic E-state index is 12.4. The monoisotopic (exact) mass is 344 g/mol. The van der Waals surface area contributed by atoms with Crippen molar-refractivity contribution in [3.05, 3.63) is 20.8 Å². The van der Waals surface area contributed by atoms with E-state index in [1.165, 1.54) is 0 Å². The van der Waals surface area contributed by atoms with Gasteiger partial charge in [0.2, 0.25) is 11.8 Å². The van der Waals surface area contributed by atoms with E-state index in [0.29, 0.717) is 6.54 Å². The molecule has 1 atom stereocenters. The third-order valence-corrected chi connectivity index (χ3v) is 4.72. The van der Waals surface area contributed by atoms with Gasteiger partial charge in [-0.15, -0.1) is 11.3 Å². The lowest BCUT2D eigenvalue weighted by Gasteiger charge is -2.38. The van der Waals surface area contributed by atoms with Crippen LogP contribution < -0.4 is 5.32 Å². The van der Waals surface area contributed by atoms with Gasteiger partial charge in [-0.05, 0) is 27.4 Å². The first kappa shape index (κ1) is 14.5. The highest BCUT2D eigenvalue weighted by Gasteiger charge is 2.39. The van der Waals surface area contributed by atoms with E-state index in [0.717, 1.165) is 9.35 Å². The minimum atomic E-state index is -0.447. The van der Waals surface area contributed by atoms with E-state index in [9.17, 15) is 9.59 Å². The molecule has 4 nitrogen and oxygen atoms in total. The summed E-state index contributed by atoms with van der Waals surface area (Å²) in [5.41, 5.74) is -0.276. The van der Waals surface area contributed by atoms with Crippen molar-refractivity contribution < 1.29 is 9.59 Å². The summed E-state index contributed by atoms with van der Waals surface area (Å²) in [6.07, 6.45) is 0. The lowest BCUT2D eigenvalue weighted by molar-refractivity contribution is -0.147. The molecule has 0 spiro atoms. The van der Waals surface area contributed by atoms with Crippen LogP contribution >= 0.6 is 27.3 Å². The fourth-order valence-electron chi connectivity index (χ4n) is 2.05. The molecular formula is C13H17BrN2O2S. The van der Waals surface area contributed by atoms with E-state index in [4.69, 9.17) is 0 Å². The number of rotatable bonds is 2. The van der Waals surface area contributed by atoms with Crippen molar-refractivity contribution in [2.24, 2.45) is 5.41 Å². The molecule has 2 rings (SSSR count). The smallest absolute Gasteiger partial charge is 0.246 e. The number of hydrogen-bond donors (Lipinski definition) is 1. The molecule has 0 bridgehead atoms. The molecule has 1 saturated heterocycles. The van der Waals surface area contributed by atoms with Gasteiger partial charge in [-0.25, -0.2) is 0 Å². The summed E-state index contributed by atoms with van der Waals surface area (Å²) < 4.78 is 1.01. The number of halogens is 1. The van der Waals surface area contributed by atoms with Gasteiger partial charge in [0.1, 0.15) is 6.04 Å². The van der Waals surface area contributed by atoms with E-state index in [2.05, 4.69) is 21.2 Å². The number of carbonyl (C=O) groups excluding carboxylic acids is 2. The zero-order chi connectivity index (χ0) is 14.2. The molecule has 0 aromatic carbocycles. The maximum Gasteiger partial charge on any atom is 0.246 e. The first-order valence-electron chi connectivity index (χ1n) is 6.08. The molecule has 19 heavy (non-hydrogen) atoms. The van der Waals surface area contributed by atoms with E-state index >= 15 is 0 Å². The summed E-state index contributed by atoms with van der Waals surface area (Å²) in [5.74, 6) is -0.0910. The average molecular weight is 345 g/mol. The third-order valence-electron chi connectivity index (χ3n) is 3.03. The van der Waals surface area contributed by atoms with Crippen LogP contribution in [0.25, 0.3) is 0 Å². The molecule has 104 valence electrons. The Balaban J connectivity index is 2.16. The number of thiophene rings is 1. The molecule has 1 aromatic rings. The molecule has 0 saturated carbocycles. The summed E-state index contributed by atoms with van der Waals surface area (Å²) in [6, 6.07) is 1.54. The van der Waals surface area contributed by atoms with Crippen LogP contribution in [0.4, 0.5) is 0 Å². The van der Waals surface area contributed by atoms with Crippen molar-refractivity contribution in [1.29, 1.82) is 0 Å². The minimum Gasteiger partial charge on any atom is -0.342 e. The van der Waals surface area contributed by atoms with Crippen LogP contribution in [-0.2, 0) is 16.1 Å². The second-order valence-electron chi connectivity index (χ2n) is 5.79. The topological polar surface area (TPSA) is 49.4 Å². The van der Waals surface area contributed by atoms with Crippen molar-refractivity contribution in [2.45, 2.75) is 33.4 Å². The van der Waals surface area contributed by atoms with Crippen molar-refractivity contribution in [2.75, 3.05) is 6.54 Å². The molecule has 2 heterocycles. The highest BCUT2D eigenvalue weighted by molar-refractivity contribution is 9.10. The first-order valence-corrected chi connectivity index (χ1v) is 7.75. The molecule has 0 aliphatic carbocycles. The maximum atomic E-state index is 12.4. The van der Waals surface area contributed by atoms with Crippen molar-refractivity contribution in [3.63, 3.8) is 0 Å². The quantitative estimate of drug-likeness (QED) is 0.895. The number of amides is 2. The molecular weight excluding hydrogens is 328 g/mol. The Labute approximate surface area is 125 Å². The number of nitrogens with zero attached hydrogens (tertiary/aromatic N) is 1. The fraction of sp³-hybridized carbons (Fsp3) is 0.538. The lowest BCUT2D eigenvalue weighted by atomic mass is 9.85. The second kappa shape index (κ2) is 5.25. The summed E-state index contributed by atoms with van der Waals surface area (Å²) in [6.45, 7) is 6.51. The molecule has 1 fully saturated rings. The Bertz CT molecular complexity index is 507. The van der Waals surface area contributed by atoms with E-state index in [1.807, 2.05) is 32.2 Å². The molecule has 1 aromatic heterocycles. The Morgan fingerprint density at radius 3 is 2.68 bits per heavy atom. The molecule has 2 amide bonds. The van der Waals surface area contributed by atoms with Gasteiger partial charge in [0, 0.05) is 14.7 Å². The number of nitrogens with one attached hydrogen (secondary N) is 1. The molecule has 6 heteroatoms. The second-order valence-corrected chi connectivity index (χ2v) is 7.70. The van der Waals surface area contributed by atoms with Gasteiger partial charge in [-0.3, -0.25) is 9.59 Å². The third kappa shape index (κ3) is 3.36. The first-order chi connectivity index (χ1) is 8.77. The number of hydrogen-bond acceptors (Lipinski definition) is 3. The van der Waals surface area contributed by atoms with Crippen LogP contribution in [-0.4, -0.2) is 29.3 Å². The Morgan fingerprint density at radius 1 is 1.47 bits per heavy atom. The van der Waals surface area contributed by atoms with Gasteiger partial charge in [-0.1, -0.05) is 20.8 Å². The van der Waals surface area contributed by atoms with Crippen LogP contribution in [0.5, 0.6) is 0 Å². The molecule has 1 aliphatic heterocycles. The number of carbonyl (C=O) groups is 2. The zero-order valence-corrected chi connectivity index (χ0v) is 13.6. The van der Waals surface area contributed by atoms with Gasteiger partial charge < -0.3 is 10.2 Å². The molecule has 1 aliphatic rings. The van der Waals surface area contributed by atoms with Gasteiger partial charge in [-0.2, -0.15) is 0 Å². The minimum absolute atomic E-state index is 0.00313. The normalized spacial score (nSPS) is 20.6. The highest BCUT2D eigenvalue weighted by atomic mass is 79.9. The van der Waals surface area contributed by atoms with Gasteiger partial charge in [0.25, 0.3) is 0 Å². The SMILES string of the molecule is CC(C)(C)C1NC(=O)CN(Cc2cc(Br)cs2)C1=O. The fourth-order valence-corrected chi connectivity index (χ4v) is 3.51. The van der Waals surface area contributed by atoms with Crippen molar-refractivity contribution >= 4 is 39.1 Å². The average Bonchev–Trinajstić information content (AvgIpc) is 2.67. The van der Waals surface area contributed by atoms with Crippen LogP contribution in [0.3, 0.4) is 0 Å². The summed E-state index contributed by atoms with van der Waals surface area (Å²) in [4.78, 5) is 26.9. The van der Waals surface area contributed by atoms with Crippen molar-refractivity contribution in [1.82, 2.24) is 10.2 Å². The largest absolute Gasteiger partial charge is 0.342 e. The Hall–Kier alpha value is -0.880. The zero-order valence-electron chi connectivity index (χ0n) is 11.2. The van der Waals surface area contributed by atoms with Crippen LogP contribution in [0.1, 0.15) is 25.6 Å². The number of piperazine rings is 1. The summed E-state index contributed by atoms with van der Waals surface area (Å²) in [7, 11) is 0. The van der Waals surface area contributed by atoms with Crippen molar-refractivity contribution in [3.8, 4) is 0 Å². The predicted octanol–water partition coefficient (Wildman–Crippen LogP) is 2.38. The molecule has 1 unspecified atom stereocenters. The van der Waals surface area contributed by atoms with E-state index < -0.39 is 6.04 Å². The molecule has 0 radical (unpaired) electrons. The van der Waals surface area contributed by atoms with Gasteiger partial charge in [0.15, 0.2) is 0 Å². The van der Waals surface area contributed by atoms with Gasteiger partial charge in [0.05, 0.1) is 13.1 Å². The predicted molar refractivity (Wildman–Crippen MR) is 78.8 cm³/mol. The van der Waals surface area contributed by atoms with Crippen LogP contribution in [0.15, 0.2) is 15.9 Å². The highest BCUT2D eigenvalue weighted by Crippen LogP contribution is 2.26. The van der Waals surface area contributed by atoms with E-state index in [1.54, 1.807) is 16.2 Å². The Kier molecular flexibility index (Phi) is 4.01. The summed E-state index contributed by atoms with van der Waals surface area (Å²) in [5, 5.41) is 4.77. The standard InChI is InChI=1S/C13H17BrN2O2S/c1-13(2,3)11-12(18)16(6-10(17)15-11)5-9-4-8(14)7-19-9/h4,7,11H,5-6H2,1-3H3,(H,15,17).